The second-order valence-corrected chi connectivity index (χ2v) is 4.53. The quantitative estimate of drug-likeness (QED) is 0.809. The van der Waals surface area contributed by atoms with E-state index in [1.54, 1.807) is 12.4 Å². The van der Waals surface area contributed by atoms with Crippen LogP contribution in [-0.4, -0.2) is 16.7 Å². The van der Waals surface area contributed by atoms with Gasteiger partial charge in [-0.25, -0.2) is 4.39 Å². The van der Waals surface area contributed by atoms with Crippen molar-refractivity contribution in [2.45, 2.75) is 43.8 Å². The van der Waals surface area contributed by atoms with Crippen LogP contribution in [0.25, 0.3) is 0 Å². The zero-order chi connectivity index (χ0) is 10.7. The van der Waals surface area contributed by atoms with Gasteiger partial charge >= 0.3 is 0 Å². The summed E-state index contributed by atoms with van der Waals surface area (Å²) in [4.78, 5) is 4.00. The average Bonchev–Trinajstić information content (AvgIpc) is 2.24. The highest BCUT2D eigenvalue weighted by molar-refractivity contribution is 5.12. The Morgan fingerprint density at radius 2 is 2.20 bits per heavy atom. The molecule has 1 heterocycles. The van der Waals surface area contributed by atoms with Crippen molar-refractivity contribution in [1.82, 2.24) is 4.98 Å². The second kappa shape index (κ2) is 4.27. The molecule has 0 unspecified atom stereocenters. The topological polar surface area (TPSA) is 38.9 Å². The van der Waals surface area contributed by atoms with Gasteiger partial charge in [0.1, 0.15) is 5.67 Å². The molecule has 2 N–H and O–H groups in total. The van der Waals surface area contributed by atoms with Crippen molar-refractivity contribution < 1.29 is 4.39 Å². The summed E-state index contributed by atoms with van der Waals surface area (Å²) in [5.74, 6) is 0. The minimum atomic E-state index is -1.06. The van der Waals surface area contributed by atoms with Crippen LogP contribution in [-0.2, 0) is 6.42 Å². The van der Waals surface area contributed by atoms with Crippen molar-refractivity contribution in [1.29, 1.82) is 0 Å². The van der Waals surface area contributed by atoms with Crippen LogP contribution in [0.5, 0.6) is 0 Å². The summed E-state index contributed by atoms with van der Waals surface area (Å²) in [5, 5.41) is 0. The lowest BCUT2D eigenvalue weighted by molar-refractivity contribution is 0.0994. The van der Waals surface area contributed by atoms with E-state index in [-0.39, 0.29) is 6.04 Å². The molecule has 0 spiro atoms. The molecule has 0 amide bonds. The minimum Gasteiger partial charge on any atom is -0.328 e. The van der Waals surface area contributed by atoms with Crippen LogP contribution in [0.15, 0.2) is 24.5 Å². The molecule has 0 bridgehead atoms. The maximum atomic E-state index is 14.3. The van der Waals surface area contributed by atoms with Gasteiger partial charge < -0.3 is 5.73 Å². The van der Waals surface area contributed by atoms with Crippen LogP contribution >= 0.6 is 0 Å². The Hall–Kier alpha value is -0.960. The van der Waals surface area contributed by atoms with Gasteiger partial charge in [-0.05, 0) is 37.3 Å². The molecule has 3 heteroatoms. The Kier molecular flexibility index (Phi) is 3.00. The first kappa shape index (κ1) is 10.6. The first-order chi connectivity index (χ1) is 7.18. The highest BCUT2D eigenvalue weighted by atomic mass is 19.1. The molecule has 1 fully saturated rings. The monoisotopic (exact) mass is 208 g/mol. The predicted octanol–water partition coefficient (Wildman–Crippen LogP) is 2.23. The van der Waals surface area contributed by atoms with E-state index < -0.39 is 5.67 Å². The number of nitrogens with two attached hydrogens (primary N) is 1. The molecule has 15 heavy (non-hydrogen) atoms. The molecular formula is C12H17FN2. The summed E-state index contributed by atoms with van der Waals surface area (Å²) < 4.78 is 14.3. The third-order valence-electron chi connectivity index (χ3n) is 3.17. The summed E-state index contributed by atoms with van der Waals surface area (Å²) in [6.45, 7) is 0. The van der Waals surface area contributed by atoms with Gasteiger partial charge in [0, 0.05) is 24.9 Å². The molecule has 1 saturated carbocycles. The molecule has 0 aliphatic heterocycles. The van der Waals surface area contributed by atoms with Crippen LogP contribution < -0.4 is 5.73 Å². The first-order valence-corrected chi connectivity index (χ1v) is 5.51. The van der Waals surface area contributed by atoms with E-state index in [9.17, 15) is 4.39 Å². The third-order valence-corrected chi connectivity index (χ3v) is 3.17. The number of nitrogens with zero attached hydrogens (tertiary/aromatic N) is 1. The molecule has 0 atom stereocenters. The lowest BCUT2D eigenvalue weighted by atomic mass is 9.80. The lowest BCUT2D eigenvalue weighted by Gasteiger charge is -2.32. The van der Waals surface area contributed by atoms with E-state index in [0.29, 0.717) is 19.3 Å². The summed E-state index contributed by atoms with van der Waals surface area (Å²) >= 11 is 0. The van der Waals surface area contributed by atoms with Gasteiger partial charge in [-0.15, -0.1) is 0 Å². The highest BCUT2D eigenvalue weighted by Gasteiger charge is 2.34. The SMILES string of the molecule is NC1CCC(F)(Cc2cccnc2)CC1. The van der Waals surface area contributed by atoms with Gasteiger partial charge in [-0.2, -0.15) is 0 Å². The largest absolute Gasteiger partial charge is 0.328 e. The zero-order valence-electron chi connectivity index (χ0n) is 8.82. The number of hydrogen-bond acceptors (Lipinski definition) is 2. The van der Waals surface area contributed by atoms with Gasteiger partial charge in [-0.3, -0.25) is 4.98 Å². The number of rotatable bonds is 2. The van der Waals surface area contributed by atoms with Crippen molar-refractivity contribution in [3.05, 3.63) is 30.1 Å². The Morgan fingerprint density at radius 1 is 1.47 bits per heavy atom. The maximum Gasteiger partial charge on any atom is 0.115 e. The van der Waals surface area contributed by atoms with E-state index >= 15 is 0 Å². The zero-order valence-corrected chi connectivity index (χ0v) is 8.82. The van der Waals surface area contributed by atoms with Crippen LogP contribution in [0.4, 0.5) is 4.39 Å². The Balaban J connectivity index is 1.99. The molecule has 82 valence electrons. The van der Waals surface area contributed by atoms with Gasteiger partial charge in [0.15, 0.2) is 0 Å². The van der Waals surface area contributed by atoms with Gasteiger partial charge in [0.05, 0.1) is 0 Å². The molecule has 1 aliphatic rings. The summed E-state index contributed by atoms with van der Waals surface area (Å²) in [6.07, 6.45) is 6.72. The molecular weight excluding hydrogens is 191 g/mol. The molecule has 0 saturated heterocycles. The lowest BCUT2D eigenvalue weighted by Crippen LogP contribution is -2.37. The van der Waals surface area contributed by atoms with E-state index in [1.807, 2.05) is 12.1 Å². The van der Waals surface area contributed by atoms with Crippen molar-refractivity contribution >= 4 is 0 Å². The number of alkyl halides is 1. The molecule has 2 nitrogen and oxygen atoms in total. The fourth-order valence-electron chi connectivity index (χ4n) is 2.20. The van der Waals surface area contributed by atoms with Crippen molar-refractivity contribution in [2.24, 2.45) is 5.73 Å². The normalized spacial score (nSPS) is 31.5. The number of pyridine rings is 1. The summed E-state index contributed by atoms with van der Waals surface area (Å²) in [5.41, 5.74) is 5.70. The molecule has 1 aliphatic carbocycles. The Bertz CT molecular complexity index is 305. The van der Waals surface area contributed by atoms with Crippen LogP contribution in [0.3, 0.4) is 0 Å². The maximum absolute atomic E-state index is 14.3. The smallest absolute Gasteiger partial charge is 0.115 e. The van der Waals surface area contributed by atoms with Crippen LogP contribution in [0.1, 0.15) is 31.2 Å². The van der Waals surface area contributed by atoms with Gasteiger partial charge in [0.25, 0.3) is 0 Å². The fourth-order valence-corrected chi connectivity index (χ4v) is 2.20. The van der Waals surface area contributed by atoms with Crippen molar-refractivity contribution in [3.63, 3.8) is 0 Å². The van der Waals surface area contributed by atoms with E-state index in [1.165, 1.54) is 0 Å². The molecule has 0 radical (unpaired) electrons. The molecule has 1 aromatic heterocycles. The van der Waals surface area contributed by atoms with E-state index in [2.05, 4.69) is 4.98 Å². The molecule has 2 rings (SSSR count). The summed E-state index contributed by atoms with van der Waals surface area (Å²) in [7, 11) is 0. The Morgan fingerprint density at radius 3 is 2.80 bits per heavy atom. The standard InChI is InChI=1S/C12H17FN2/c13-12(5-3-11(14)4-6-12)8-10-2-1-7-15-9-10/h1-2,7,9,11H,3-6,8,14H2. The van der Waals surface area contributed by atoms with Gasteiger partial charge in [-0.1, -0.05) is 6.07 Å². The molecule has 0 aromatic carbocycles. The summed E-state index contributed by atoms with van der Waals surface area (Å²) in [6, 6.07) is 3.98. The van der Waals surface area contributed by atoms with Crippen LogP contribution in [0, 0.1) is 0 Å². The average molecular weight is 208 g/mol. The Labute approximate surface area is 89.7 Å². The minimum absolute atomic E-state index is 0.197. The molecule has 1 aromatic rings. The van der Waals surface area contributed by atoms with Crippen molar-refractivity contribution in [2.75, 3.05) is 0 Å². The van der Waals surface area contributed by atoms with Crippen molar-refractivity contribution in [3.8, 4) is 0 Å². The first-order valence-electron chi connectivity index (χ1n) is 5.51. The highest BCUT2D eigenvalue weighted by Crippen LogP contribution is 2.34. The number of halogens is 1. The van der Waals surface area contributed by atoms with Crippen LogP contribution in [0.2, 0.25) is 0 Å². The van der Waals surface area contributed by atoms with Gasteiger partial charge in [0.2, 0.25) is 0 Å². The third kappa shape index (κ3) is 2.75. The predicted molar refractivity (Wildman–Crippen MR) is 58.2 cm³/mol. The number of aromatic nitrogens is 1. The van der Waals surface area contributed by atoms with E-state index in [0.717, 1.165) is 18.4 Å². The number of hydrogen-bond donors (Lipinski definition) is 1. The second-order valence-electron chi connectivity index (χ2n) is 4.53. The fraction of sp³-hybridized carbons (Fsp3) is 0.583. The van der Waals surface area contributed by atoms with E-state index in [4.69, 9.17) is 5.73 Å².